The third-order valence-electron chi connectivity index (χ3n) is 2.72. The van der Waals surface area contributed by atoms with Crippen LogP contribution in [0.1, 0.15) is 40.2 Å². The van der Waals surface area contributed by atoms with E-state index in [-0.39, 0.29) is 5.41 Å². The maximum atomic E-state index is 11.1. The summed E-state index contributed by atoms with van der Waals surface area (Å²) < 4.78 is 0. The van der Waals surface area contributed by atoms with Gasteiger partial charge in [-0.25, -0.2) is 4.79 Å². The Morgan fingerprint density at radius 3 is 2.12 bits per heavy atom. The Bertz CT molecular complexity index is 416. The van der Waals surface area contributed by atoms with Gasteiger partial charge in [-0.2, -0.15) is 0 Å². The highest BCUT2D eigenvalue weighted by atomic mass is 16.4. The van der Waals surface area contributed by atoms with E-state index in [2.05, 4.69) is 26.1 Å². The number of rotatable bonds is 3. The molecule has 1 aromatic carbocycles. The fourth-order valence-corrected chi connectivity index (χ4v) is 1.64. The topological polar surface area (TPSA) is 49.3 Å². The fraction of sp³-hybridized carbons (Fsp3) is 0.500. The SMILES string of the molecule is CC(C)(Nc1ccccc1C(C)(C)C)C(=O)O. The molecule has 0 saturated carbocycles. The van der Waals surface area contributed by atoms with Crippen LogP contribution in [0, 0.1) is 0 Å². The molecule has 0 aliphatic rings. The zero-order valence-electron chi connectivity index (χ0n) is 11.2. The number of carboxylic acid groups (broad SMARTS) is 1. The normalized spacial score (nSPS) is 12.3. The summed E-state index contributed by atoms with van der Waals surface area (Å²) in [6.07, 6.45) is 0. The van der Waals surface area contributed by atoms with Gasteiger partial charge in [0.05, 0.1) is 0 Å². The summed E-state index contributed by atoms with van der Waals surface area (Å²) in [5.74, 6) is -0.860. The van der Waals surface area contributed by atoms with Crippen molar-refractivity contribution in [2.75, 3.05) is 5.32 Å². The van der Waals surface area contributed by atoms with E-state index in [1.54, 1.807) is 13.8 Å². The summed E-state index contributed by atoms with van der Waals surface area (Å²) >= 11 is 0. The van der Waals surface area contributed by atoms with Gasteiger partial charge in [-0.1, -0.05) is 39.0 Å². The lowest BCUT2D eigenvalue weighted by molar-refractivity contribution is -0.141. The van der Waals surface area contributed by atoms with Gasteiger partial charge in [0.15, 0.2) is 0 Å². The number of benzene rings is 1. The van der Waals surface area contributed by atoms with Gasteiger partial charge >= 0.3 is 5.97 Å². The molecule has 3 heteroatoms. The van der Waals surface area contributed by atoms with Crippen molar-refractivity contribution in [3.05, 3.63) is 29.8 Å². The Kier molecular flexibility index (Phi) is 3.51. The second-order valence-corrected chi connectivity index (χ2v) is 5.85. The molecule has 0 saturated heterocycles. The zero-order valence-corrected chi connectivity index (χ0v) is 11.2. The Labute approximate surface area is 103 Å². The number of hydrogen-bond donors (Lipinski definition) is 2. The van der Waals surface area contributed by atoms with E-state index in [4.69, 9.17) is 5.11 Å². The van der Waals surface area contributed by atoms with Gasteiger partial charge < -0.3 is 10.4 Å². The van der Waals surface area contributed by atoms with E-state index >= 15 is 0 Å². The maximum Gasteiger partial charge on any atom is 0.328 e. The average Bonchev–Trinajstić information content (AvgIpc) is 2.15. The van der Waals surface area contributed by atoms with Crippen LogP contribution in [0.3, 0.4) is 0 Å². The third kappa shape index (κ3) is 3.22. The number of carbonyl (C=O) groups is 1. The van der Waals surface area contributed by atoms with Crippen LogP contribution in [0.2, 0.25) is 0 Å². The Morgan fingerprint density at radius 1 is 1.12 bits per heavy atom. The number of anilines is 1. The molecule has 0 bridgehead atoms. The first-order chi connectivity index (χ1) is 7.64. The predicted octanol–water partition coefficient (Wildman–Crippen LogP) is 3.26. The van der Waals surface area contributed by atoms with Crippen molar-refractivity contribution in [2.45, 2.75) is 45.6 Å². The average molecular weight is 235 g/mol. The maximum absolute atomic E-state index is 11.1. The number of carboxylic acids is 1. The fourth-order valence-electron chi connectivity index (χ4n) is 1.64. The van der Waals surface area contributed by atoms with E-state index in [9.17, 15) is 4.79 Å². The first-order valence-corrected chi connectivity index (χ1v) is 5.76. The molecule has 3 nitrogen and oxygen atoms in total. The molecule has 0 heterocycles. The van der Waals surface area contributed by atoms with E-state index in [0.717, 1.165) is 11.3 Å². The van der Waals surface area contributed by atoms with E-state index in [1.165, 1.54) is 0 Å². The summed E-state index contributed by atoms with van der Waals surface area (Å²) in [4.78, 5) is 11.1. The number of aliphatic carboxylic acids is 1. The second-order valence-electron chi connectivity index (χ2n) is 5.85. The molecule has 0 atom stereocenters. The minimum atomic E-state index is -0.971. The Hall–Kier alpha value is -1.51. The van der Waals surface area contributed by atoms with Crippen LogP contribution in [-0.2, 0) is 10.2 Å². The van der Waals surface area contributed by atoms with Gasteiger partial charge in [0.1, 0.15) is 5.54 Å². The van der Waals surface area contributed by atoms with Crippen molar-refractivity contribution in [2.24, 2.45) is 0 Å². The molecular formula is C14H21NO2. The molecule has 0 aliphatic carbocycles. The second kappa shape index (κ2) is 4.40. The van der Waals surface area contributed by atoms with Gasteiger partial charge in [0, 0.05) is 5.69 Å². The lowest BCUT2D eigenvalue weighted by atomic mass is 9.85. The van der Waals surface area contributed by atoms with Crippen LogP contribution in [0.4, 0.5) is 5.69 Å². The summed E-state index contributed by atoms with van der Waals surface area (Å²) in [5, 5.41) is 12.2. The number of nitrogens with one attached hydrogen (secondary N) is 1. The minimum Gasteiger partial charge on any atom is -0.480 e. The summed E-state index contributed by atoms with van der Waals surface area (Å²) in [6.45, 7) is 9.66. The molecule has 0 fully saturated rings. The molecule has 0 amide bonds. The van der Waals surface area contributed by atoms with Crippen molar-refractivity contribution < 1.29 is 9.90 Å². The summed E-state index contributed by atoms with van der Waals surface area (Å²) in [6, 6.07) is 7.83. The number of para-hydroxylation sites is 1. The molecule has 17 heavy (non-hydrogen) atoms. The smallest absolute Gasteiger partial charge is 0.328 e. The van der Waals surface area contributed by atoms with Crippen LogP contribution in [0.25, 0.3) is 0 Å². The Morgan fingerprint density at radius 2 is 1.65 bits per heavy atom. The Balaban J connectivity index is 3.12. The standard InChI is InChI=1S/C14H21NO2/c1-13(2,3)10-8-6-7-9-11(10)15-14(4,5)12(16)17/h6-9,15H,1-5H3,(H,16,17). The van der Waals surface area contributed by atoms with Crippen LogP contribution in [0.5, 0.6) is 0 Å². The summed E-state index contributed by atoms with van der Waals surface area (Å²) in [5.41, 5.74) is 1.02. The molecule has 94 valence electrons. The van der Waals surface area contributed by atoms with Gasteiger partial charge in [-0.05, 0) is 30.9 Å². The molecule has 2 N–H and O–H groups in total. The molecule has 0 aromatic heterocycles. The molecule has 0 spiro atoms. The molecule has 0 radical (unpaired) electrons. The van der Waals surface area contributed by atoms with Crippen molar-refractivity contribution in [1.82, 2.24) is 0 Å². The third-order valence-corrected chi connectivity index (χ3v) is 2.72. The van der Waals surface area contributed by atoms with Crippen molar-refractivity contribution >= 4 is 11.7 Å². The van der Waals surface area contributed by atoms with Crippen molar-refractivity contribution in [3.8, 4) is 0 Å². The zero-order chi connectivity index (χ0) is 13.3. The lowest BCUT2D eigenvalue weighted by Gasteiger charge is -2.28. The highest BCUT2D eigenvalue weighted by Gasteiger charge is 2.28. The van der Waals surface area contributed by atoms with E-state index in [0.29, 0.717) is 0 Å². The van der Waals surface area contributed by atoms with Crippen LogP contribution in [-0.4, -0.2) is 16.6 Å². The molecular weight excluding hydrogens is 214 g/mol. The molecule has 1 aromatic rings. The van der Waals surface area contributed by atoms with Gasteiger partial charge in [0.2, 0.25) is 0 Å². The highest BCUT2D eigenvalue weighted by Crippen LogP contribution is 2.30. The van der Waals surface area contributed by atoms with E-state index in [1.807, 2.05) is 24.3 Å². The number of hydrogen-bond acceptors (Lipinski definition) is 2. The van der Waals surface area contributed by atoms with Crippen LogP contribution in [0.15, 0.2) is 24.3 Å². The van der Waals surface area contributed by atoms with E-state index < -0.39 is 11.5 Å². The molecule has 1 rings (SSSR count). The van der Waals surface area contributed by atoms with Crippen LogP contribution < -0.4 is 5.32 Å². The van der Waals surface area contributed by atoms with Gasteiger partial charge in [-0.15, -0.1) is 0 Å². The first kappa shape index (κ1) is 13.6. The quantitative estimate of drug-likeness (QED) is 0.845. The van der Waals surface area contributed by atoms with Crippen LogP contribution >= 0.6 is 0 Å². The van der Waals surface area contributed by atoms with Crippen molar-refractivity contribution in [1.29, 1.82) is 0 Å². The van der Waals surface area contributed by atoms with Gasteiger partial charge in [0.25, 0.3) is 0 Å². The van der Waals surface area contributed by atoms with Crippen molar-refractivity contribution in [3.63, 3.8) is 0 Å². The largest absolute Gasteiger partial charge is 0.480 e. The first-order valence-electron chi connectivity index (χ1n) is 5.76. The summed E-state index contributed by atoms with van der Waals surface area (Å²) in [7, 11) is 0. The lowest BCUT2D eigenvalue weighted by Crippen LogP contribution is -2.40. The molecule has 0 aliphatic heterocycles. The monoisotopic (exact) mass is 235 g/mol. The molecule has 0 unspecified atom stereocenters. The van der Waals surface area contributed by atoms with Gasteiger partial charge in [-0.3, -0.25) is 0 Å². The minimum absolute atomic E-state index is 0.0157. The highest BCUT2D eigenvalue weighted by molar-refractivity contribution is 5.82. The predicted molar refractivity (Wildman–Crippen MR) is 70.5 cm³/mol.